The number of para-hydroxylation sites is 2. The number of nitrogens with one attached hydrogen (secondary N) is 1. The molecule has 4 rings (SSSR count). The summed E-state index contributed by atoms with van der Waals surface area (Å²) >= 11 is 0. The van der Waals surface area contributed by atoms with E-state index in [-0.39, 0.29) is 5.63 Å². The molecule has 0 aliphatic carbocycles. The van der Waals surface area contributed by atoms with E-state index in [9.17, 15) is 4.79 Å². The van der Waals surface area contributed by atoms with Gasteiger partial charge in [-0.1, -0.05) is 12.1 Å². The lowest BCUT2D eigenvalue weighted by Crippen LogP contribution is -2.21. The third-order valence-electron chi connectivity index (χ3n) is 4.50. The van der Waals surface area contributed by atoms with Gasteiger partial charge in [0.05, 0.1) is 11.0 Å². The molecular weight excluding hydrogens is 314 g/mol. The van der Waals surface area contributed by atoms with Crippen LogP contribution in [0.1, 0.15) is 13.8 Å². The topological polar surface area (TPSA) is 62.1 Å². The normalized spacial score (nSPS) is 11.3. The molecule has 2 aromatic heterocycles. The summed E-state index contributed by atoms with van der Waals surface area (Å²) in [5.74, 6) is 0.676. The molecule has 1 N–H and O–H groups in total. The third kappa shape index (κ3) is 2.67. The van der Waals surface area contributed by atoms with Crippen LogP contribution in [-0.4, -0.2) is 23.1 Å². The summed E-state index contributed by atoms with van der Waals surface area (Å²) in [6, 6.07) is 15.3. The van der Waals surface area contributed by atoms with Gasteiger partial charge in [-0.05, 0) is 38.1 Å². The van der Waals surface area contributed by atoms with Crippen LogP contribution in [0.4, 0.5) is 5.69 Å². The lowest BCUT2D eigenvalue weighted by atomic mass is 10.1. The van der Waals surface area contributed by atoms with Crippen LogP contribution < -0.4 is 10.5 Å². The summed E-state index contributed by atoms with van der Waals surface area (Å²) in [5.41, 5.74) is 3.82. The number of hydrogen-bond acceptors (Lipinski definition) is 4. The fraction of sp³-hybridized carbons (Fsp3) is 0.200. The van der Waals surface area contributed by atoms with E-state index in [1.165, 1.54) is 6.07 Å². The molecule has 0 fully saturated rings. The zero-order valence-corrected chi connectivity index (χ0v) is 14.2. The first kappa shape index (κ1) is 15.4. The summed E-state index contributed by atoms with van der Waals surface area (Å²) in [6.45, 7) is 6.01. The molecule has 0 aliphatic rings. The van der Waals surface area contributed by atoms with E-state index in [1.54, 1.807) is 0 Å². The van der Waals surface area contributed by atoms with Gasteiger partial charge >= 0.3 is 5.63 Å². The van der Waals surface area contributed by atoms with Crippen LogP contribution in [0, 0.1) is 0 Å². The van der Waals surface area contributed by atoms with E-state index in [1.807, 2.05) is 36.4 Å². The molecule has 5 nitrogen and oxygen atoms in total. The molecule has 0 bridgehead atoms. The van der Waals surface area contributed by atoms with E-state index < -0.39 is 0 Å². The van der Waals surface area contributed by atoms with E-state index in [0.29, 0.717) is 11.4 Å². The summed E-state index contributed by atoms with van der Waals surface area (Å²) in [6.07, 6.45) is 0. The van der Waals surface area contributed by atoms with Crippen LogP contribution in [0.15, 0.2) is 57.7 Å². The van der Waals surface area contributed by atoms with Crippen molar-refractivity contribution in [3.05, 3.63) is 59.0 Å². The monoisotopic (exact) mass is 333 g/mol. The Bertz CT molecular complexity index is 1070. The highest BCUT2D eigenvalue weighted by Gasteiger charge is 2.13. The molecule has 0 aliphatic heterocycles. The average Bonchev–Trinajstić information content (AvgIpc) is 3.05. The lowest BCUT2D eigenvalue weighted by molar-refractivity contribution is 0.561. The maximum atomic E-state index is 12.1. The van der Waals surface area contributed by atoms with Crippen molar-refractivity contribution in [3.63, 3.8) is 0 Å². The standard InChI is InChI=1S/C20H19N3O2/c1-3-23(4-2)13-9-10-14-15(12-19(24)25-18(14)11-13)20-21-16-7-5-6-8-17(16)22-20/h5-12H,3-4H2,1-2H3,(H,21,22). The summed E-state index contributed by atoms with van der Waals surface area (Å²) in [5, 5.41) is 0.870. The maximum absolute atomic E-state index is 12.1. The highest BCUT2D eigenvalue weighted by molar-refractivity contribution is 5.94. The molecule has 4 aromatic rings. The molecule has 0 radical (unpaired) electrons. The number of H-pyrrole nitrogens is 1. The second-order valence-electron chi connectivity index (χ2n) is 5.93. The number of hydrogen-bond donors (Lipinski definition) is 1. The Morgan fingerprint density at radius 3 is 2.64 bits per heavy atom. The van der Waals surface area contributed by atoms with Crippen LogP contribution >= 0.6 is 0 Å². The van der Waals surface area contributed by atoms with Gasteiger partial charge in [-0.25, -0.2) is 9.78 Å². The van der Waals surface area contributed by atoms with E-state index in [2.05, 4.69) is 34.8 Å². The van der Waals surface area contributed by atoms with E-state index >= 15 is 0 Å². The van der Waals surface area contributed by atoms with Gasteiger partial charge in [0.15, 0.2) is 0 Å². The van der Waals surface area contributed by atoms with Gasteiger partial charge < -0.3 is 14.3 Å². The number of fused-ring (bicyclic) bond motifs is 2. The number of benzene rings is 2. The van der Waals surface area contributed by atoms with Crippen LogP contribution in [0.2, 0.25) is 0 Å². The Morgan fingerprint density at radius 1 is 1.08 bits per heavy atom. The maximum Gasteiger partial charge on any atom is 0.336 e. The number of aromatic amines is 1. The predicted octanol–water partition coefficient (Wildman–Crippen LogP) is 4.18. The number of rotatable bonds is 4. The van der Waals surface area contributed by atoms with Gasteiger partial charge in [-0.15, -0.1) is 0 Å². The Labute approximate surface area is 144 Å². The SMILES string of the molecule is CCN(CC)c1ccc2c(-c3nc4ccccc4[nH]3)cc(=O)oc2c1. The van der Waals surface area contributed by atoms with Crippen molar-refractivity contribution in [2.75, 3.05) is 18.0 Å². The predicted molar refractivity (Wildman–Crippen MR) is 101 cm³/mol. The van der Waals surface area contributed by atoms with Crippen molar-refractivity contribution in [3.8, 4) is 11.4 Å². The van der Waals surface area contributed by atoms with Crippen LogP contribution in [0.5, 0.6) is 0 Å². The summed E-state index contributed by atoms with van der Waals surface area (Å²) in [4.78, 5) is 22.2. The molecule has 0 atom stereocenters. The molecule has 25 heavy (non-hydrogen) atoms. The molecule has 5 heteroatoms. The quantitative estimate of drug-likeness (QED) is 0.569. The fourth-order valence-electron chi connectivity index (χ4n) is 3.21. The van der Waals surface area contributed by atoms with E-state index in [4.69, 9.17) is 4.42 Å². The molecule has 0 spiro atoms. The Kier molecular flexibility index (Phi) is 3.76. The highest BCUT2D eigenvalue weighted by Crippen LogP contribution is 2.29. The van der Waals surface area contributed by atoms with Crippen LogP contribution in [-0.2, 0) is 0 Å². The van der Waals surface area contributed by atoms with Crippen molar-refractivity contribution in [1.82, 2.24) is 9.97 Å². The minimum Gasteiger partial charge on any atom is -0.423 e. The smallest absolute Gasteiger partial charge is 0.336 e. The minimum absolute atomic E-state index is 0.375. The number of anilines is 1. The molecule has 0 saturated carbocycles. The van der Waals surface area contributed by atoms with Crippen molar-refractivity contribution in [1.29, 1.82) is 0 Å². The van der Waals surface area contributed by atoms with Gasteiger partial charge in [0.1, 0.15) is 11.4 Å². The van der Waals surface area contributed by atoms with Crippen molar-refractivity contribution >= 4 is 27.7 Å². The molecule has 0 unspecified atom stereocenters. The molecular formula is C20H19N3O2. The number of aromatic nitrogens is 2. The minimum atomic E-state index is -0.375. The highest BCUT2D eigenvalue weighted by atomic mass is 16.4. The van der Waals surface area contributed by atoms with Gasteiger partial charge in [0.2, 0.25) is 0 Å². The van der Waals surface area contributed by atoms with Gasteiger partial charge in [0, 0.05) is 41.9 Å². The molecule has 0 amide bonds. The van der Waals surface area contributed by atoms with E-state index in [0.717, 1.165) is 40.8 Å². The second kappa shape index (κ2) is 6.09. The van der Waals surface area contributed by atoms with Crippen LogP contribution in [0.3, 0.4) is 0 Å². The average molecular weight is 333 g/mol. The second-order valence-corrected chi connectivity index (χ2v) is 5.93. The first-order valence-corrected chi connectivity index (χ1v) is 8.47. The largest absolute Gasteiger partial charge is 0.423 e. The molecule has 126 valence electrons. The Morgan fingerprint density at radius 2 is 1.88 bits per heavy atom. The van der Waals surface area contributed by atoms with Gasteiger partial charge in [-0.3, -0.25) is 0 Å². The van der Waals surface area contributed by atoms with Crippen molar-refractivity contribution in [2.45, 2.75) is 13.8 Å². The first-order chi connectivity index (χ1) is 12.2. The van der Waals surface area contributed by atoms with Crippen molar-refractivity contribution < 1.29 is 4.42 Å². The third-order valence-corrected chi connectivity index (χ3v) is 4.50. The Balaban J connectivity index is 1.93. The lowest BCUT2D eigenvalue weighted by Gasteiger charge is -2.21. The summed E-state index contributed by atoms with van der Waals surface area (Å²) < 4.78 is 5.45. The zero-order chi connectivity index (χ0) is 17.4. The molecule has 2 aromatic carbocycles. The molecule has 0 saturated heterocycles. The fourth-order valence-corrected chi connectivity index (χ4v) is 3.21. The van der Waals surface area contributed by atoms with Crippen molar-refractivity contribution in [2.24, 2.45) is 0 Å². The van der Waals surface area contributed by atoms with Crippen LogP contribution in [0.25, 0.3) is 33.4 Å². The Hall–Kier alpha value is -3.08. The first-order valence-electron chi connectivity index (χ1n) is 8.47. The zero-order valence-electron chi connectivity index (χ0n) is 14.2. The number of nitrogens with zero attached hydrogens (tertiary/aromatic N) is 2. The number of imidazole rings is 1. The molecule has 2 heterocycles. The van der Waals surface area contributed by atoms with Gasteiger partial charge in [-0.2, -0.15) is 0 Å². The summed E-state index contributed by atoms with van der Waals surface area (Å²) in [7, 11) is 0. The van der Waals surface area contributed by atoms with Gasteiger partial charge in [0.25, 0.3) is 0 Å².